The van der Waals surface area contributed by atoms with Crippen LogP contribution in [-0.4, -0.2) is 41.1 Å². The van der Waals surface area contributed by atoms with Crippen molar-refractivity contribution < 1.29 is 0 Å². The van der Waals surface area contributed by atoms with E-state index in [4.69, 9.17) is 5.73 Å². The molecule has 1 aliphatic heterocycles. The highest BCUT2D eigenvalue weighted by atomic mass is 32.2. The lowest BCUT2D eigenvalue weighted by molar-refractivity contribution is 0.146. The Morgan fingerprint density at radius 2 is 2.00 bits per heavy atom. The Morgan fingerprint density at radius 3 is 2.44 bits per heavy atom. The predicted octanol–water partition coefficient (Wildman–Crippen LogP) is 2.58. The number of hydrogen-bond donors (Lipinski definition) is 1. The molecule has 1 unspecified atom stereocenters. The molecule has 2 nitrogen and oxygen atoms in total. The topological polar surface area (TPSA) is 29.3 Å². The lowest BCUT2D eigenvalue weighted by Gasteiger charge is -2.43. The number of thioether (sulfide) groups is 1. The maximum atomic E-state index is 5.95. The van der Waals surface area contributed by atoms with Gasteiger partial charge in [0, 0.05) is 36.2 Å². The van der Waals surface area contributed by atoms with E-state index >= 15 is 0 Å². The molecule has 1 heterocycles. The molecule has 0 saturated carbocycles. The molecule has 1 aliphatic rings. The summed E-state index contributed by atoms with van der Waals surface area (Å²) in [5.74, 6) is 1.24. The van der Waals surface area contributed by atoms with Crippen molar-refractivity contribution in [3.05, 3.63) is 0 Å². The molecular formula is C13H28N2S. The normalized spacial score (nSPS) is 24.4. The van der Waals surface area contributed by atoms with Gasteiger partial charge >= 0.3 is 0 Å². The van der Waals surface area contributed by atoms with Crippen molar-refractivity contribution in [3.63, 3.8) is 0 Å². The molecule has 1 saturated heterocycles. The highest BCUT2D eigenvalue weighted by Gasteiger charge is 2.32. The van der Waals surface area contributed by atoms with Gasteiger partial charge in [-0.25, -0.2) is 0 Å². The summed E-state index contributed by atoms with van der Waals surface area (Å²) in [5.41, 5.74) is 6.32. The smallest absolute Gasteiger partial charge is 0.0231 e. The van der Waals surface area contributed by atoms with Crippen LogP contribution in [0.5, 0.6) is 0 Å². The average Bonchev–Trinajstić information content (AvgIpc) is 2.11. The Balaban J connectivity index is 2.59. The molecule has 0 aromatic rings. The van der Waals surface area contributed by atoms with Crippen molar-refractivity contribution in [3.8, 4) is 0 Å². The van der Waals surface area contributed by atoms with Crippen LogP contribution in [0.15, 0.2) is 0 Å². The Labute approximate surface area is 105 Å². The SMILES string of the molecule is CC(C)(C)CC(CN)N1CCSC(C)(C)C1. The van der Waals surface area contributed by atoms with Gasteiger partial charge in [0.2, 0.25) is 0 Å². The summed E-state index contributed by atoms with van der Waals surface area (Å²) in [6.45, 7) is 14.8. The first-order valence-corrected chi connectivity index (χ1v) is 7.30. The third-order valence-electron chi connectivity index (χ3n) is 3.09. The van der Waals surface area contributed by atoms with Gasteiger partial charge in [0.25, 0.3) is 0 Å². The minimum Gasteiger partial charge on any atom is -0.329 e. The first-order valence-electron chi connectivity index (χ1n) is 6.32. The molecule has 0 amide bonds. The summed E-state index contributed by atoms with van der Waals surface area (Å²) < 4.78 is 0.392. The van der Waals surface area contributed by atoms with E-state index in [9.17, 15) is 0 Å². The van der Waals surface area contributed by atoms with Crippen molar-refractivity contribution in [2.75, 3.05) is 25.4 Å². The molecule has 0 aromatic heterocycles. The van der Waals surface area contributed by atoms with Crippen LogP contribution in [0.4, 0.5) is 0 Å². The lowest BCUT2D eigenvalue weighted by Crippen LogP contribution is -2.51. The van der Waals surface area contributed by atoms with Crippen molar-refractivity contribution in [1.82, 2.24) is 4.90 Å². The van der Waals surface area contributed by atoms with Crippen LogP contribution < -0.4 is 5.73 Å². The fourth-order valence-corrected chi connectivity index (χ4v) is 3.57. The summed E-state index contributed by atoms with van der Waals surface area (Å²) in [6.07, 6.45) is 1.20. The second-order valence-electron chi connectivity index (χ2n) is 6.73. The highest BCUT2D eigenvalue weighted by molar-refractivity contribution is 8.00. The standard InChI is InChI=1S/C13H28N2S/c1-12(2,3)8-11(9-14)15-6-7-16-13(4,5)10-15/h11H,6-10,14H2,1-5H3. The second kappa shape index (κ2) is 5.28. The molecule has 0 radical (unpaired) electrons. The van der Waals surface area contributed by atoms with Gasteiger partial charge in [-0.2, -0.15) is 11.8 Å². The van der Waals surface area contributed by atoms with Crippen LogP contribution in [0.2, 0.25) is 0 Å². The number of nitrogens with zero attached hydrogens (tertiary/aromatic N) is 1. The van der Waals surface area contributed by atoms with E-state index in [-0.39, 0.29) is 0 Å². The number of nitrogens with two attached hydrogens (primary N) is 1. The van der Waals surface area contributed by atoms with Crippen molar-refractivity contribution in [2.45, 2.75) is 51.8 Å². The van der Waals surface area contributed by atoms with Crippen LogP contribution in [0.3, 0.4) is 0 Å². The molecule has 16 heavy (non-hydrogen) atoms. The van der Waals surface area contributed by atoms with Crippen molar-refractivity contribution in [1.29, 1.82) is 0 Å². The Kier molecular flexibility index (Phi) is 4.73. The summed E-state index contributed by atoms with van der Waals surface area (Å²) in [4.78, 5) is 2.60. The third kappa shape index (κ3) is 4.64. The molecular weight excluding hydrogens is 216 g/mol. The average molecular weight is 244 g/mol. The minimum atomic E-state index is 0.374. The zero-order chi connectivity index (χ0) is 12.4. The van der Waals surface area contributed by atoms with Gasteiger partial charge in [0.1, 0.15) is 0 Å². The lowest BCUT2D eigenvalue weighted by atomic mass is 9.87. The Morgan fingerprint density at radius 1 is 1.38 bits per heavy atom. The molecule has 0 bridgehead atoms. The van der Waals surface area contributed by atoms with Crippen LogP contribution in [-0.2, 0) is 0 Å². The first kappa shape index (κ1) is 14.3. The molecule has 2 N–H and O–H groups in total. The van der Waals surface area contributed by atoms with Crippen LogP contribution in [0, 0.1) is 5.41 Å². The fraction of sp³-hybridized carbons (Fsp3) is 1.00. The van der Waals surface area contributed by atoms with E-state index in [1.807, 2.05) is 0 Å². The van der Waals surface area contributed by atoms with E-state index in [1.54, 1.807) is 0 Å². The van der Waals surface area contributed by atoms with Gasteiger partial charge in [0.15, 0.2) is 0 Å². The fourth-order valence-electron chi connectivity index (χ4n) is 2.43. The predicted molar refractivity (Wildman–Crippen MR) is 75.0 cm³/mol. The highest BCUT2D eigenvalue weighted by Crippen LogP contribution is 2.32. The van der Waals surface area contributed by atoms with Gasteiger partial charge in [-0.3, -0.25) is 4.90 Å². The third-order valence-corrected chi connectivity index (χ3v) is 4.39. The molecule has 3 heteroatoms. The van der Waals surface area contributed by atoms with E-state index in [1.165, 1.54) is 25.3 Å². The molecule has 1 rings (SSSR count). The molecule has 1 atom stereocenters. The number of hydrogen-bond acceptors (Lipinski definition) is 3. The molecule has 0 aromatic carbocycles. The zero-order valence-electron chi connectivity index (χ0n) is 11.5. The van der Waals surface area contributed by atoms with E-state index in [0.717, 1.165) is 6.54 Å². The summed E-state index contributed by atoms with van der Waals surface area (Å²) in [5, 5.41) is 0. The van der Waals surface area contributed by atoms with Crippen molar-refractivity contribution >= 4 is 11.8 Å². The second-order valence-corrected chi connectivity index (χ2v) is 8.54. The van der Waals surface area contributed by atoms with Gasteiger partial charge in [0.05, 0.1) is 0 Å². The quantitative estimate of drug-likeness (QED) is 0.827. The monoisotopic (exact) mass is 244 g/mol. The first-order chi connectivity index (χ1) is 7.23. The largest absolute Gasteiger partial charge is 0.329 e. The Bertz CT molecular complexity index is 218. The van der Waals surface area contributed by atoms with E-state index < -0.39 is 0 Å². The van der Waals surface area contributed by atoms with E-state index in [0.29, 0.717) is 16.2 Å². The van der Waals surface area contributed by atoms with Gasteiger partial charge in [-0.15, -0.1) is 0 Å². The Hall–Kier alpha value is 0.270. The maximum Gasteiger partial charge on any atom is 0.0231 e. The molecule has 0 aliphatic carbocycles. The summed E-state index contributed by atoms with van der Waals surface area (Å²) in [7, 11) is 0. The molecule has 1 fully saturated rings. The summed E-state index contributed by atoms with van der Waals surface area (Å²) >= 11 is 2.09. The summed E-state index contributed by atoms with van der Waals surface area (Å²) in [6, 6.07) is 0.556. The van der Waals surface area contributed by atoms with Gasteiger partial charge < -0.3 is 5.73 Å². The van der Waals surface area contributed by atoms with E-state index in [2.05, 4.69) is 51.3 Å². The van der Waals surface area contributed by atoms with Crippen LogP contribution in [0.1, 0.15) is 41.0 Å². The molecule has 96 valence electrons. The van der Waals surface area contributed by atoms with Gasteiger partial charge in [-0.05, 0) is 25.7 Å². The minimum absolute atomic E-state index is 0.374. The van der Waals surface area contributed by atoms with Crippen LogP contribution in [0.25, 0.3) is 0 Å². The maximum absolute atomic E-state index is 5.95. The van der Waals surface area contributed by atoms with Crippen LogP contribution >= 0.6 is 11.8 Å². The van der Waals surface area contributed by atoms with Gasteiger partial charge in [-0.1, -0.05) is 20.8 Å². The molecule has 0 spiro atoms. The number of rotatable bonds is 3. The van der Waals surface area contributed by atoms with Crippen molar-refractivity contribution in [2.24, 2.45) is 11.1 Å². The zero-order valence-corrected chi connectivity index (χ0v) is 12.4.